The lowest BCUT2D eigenvalue weighted by molar-refractivity contribution is -0.140. The molecule has 1 aromatic rings. The van der Waals surface area contributed by atoms with Crippen molar-refractivity contribution in [3.63, 3.8) is 0 Å². The molecule has 0 bridgehead atoms. The van der Waals surface area contributed by atoms with Crippen LogP contribution in [0.1, 0.15) is 58.0 Å². The summed E-state index contributed by atoms with van der Waals surface area (Å²) < 4.78 is 1.75. The second-order valence-electron chi connectivity index (χ2n) is 7.75. The van der Waals surface area contributed by atoms with E-state index < -0.39 is 12.1 Å². The lowest BCUT2D eigenvalue weighted by Crippen LogP contribution is -2.50. The Morgan fingerprint density at radius 1 is 1.27 bits per heavy atom. The summed E-state index contributed by atoms with van der Waals surface area (Å²) in [5.41, 5.74) is 1.85. The molecule has 0 radical (unpaired) electrons. The molecular formula is C19H32N4O2S. The lowest BCUT2D eigenvalue weighted by atomic mass is 10.0. The van der Waals surface area contributed by atoms with Crippen molar-refractivity contribution in [2.45, 2.75) is 72.5 Å². The van der Waals surface area contributed by atoms with Gasteiger partial charge in [-0.2, -0.15) is 5.10 Å². The fourth-order valence-electron chi connectivity index (χ4n) is 3.25. The van der Waals surface area contributed by atoms with Crippen LogP contribution >= 0.6 is 11.8 Å². The van der Waals surface area contributed by atoms with Gasteiger partial charge in [0.15, 0.2) is 0 Å². The Labute approximate surface area is 161 Å². The Balaban J connectivity index is 2.01. The van der Waals surface area contributed by atoms with Crippen molar-refractivity contribution >= 4 is 23.6 Å². The SMILES string of the molecule is Cc1cc(C)n(C(C)C(=O)N2CSCC2C(=O)NC(C)CCC(C)C)n1. The number of rotatable bonds is 7. The first kappa shape index (κ1) is 20.8. The molecule has 146 valence electrons. The third kappa shape index (κ3) is 5.02. The van der Waals surface area contributed by atoms with Crippen LogP contribution in [0.4, 0.5) is 0 Å². The van der Waals surface area contributed by atoms with Gasteiger partial charge in [0.05, 0.1) is 11.6 Å². The number of carbonyl (C=O) groups excluding carboxylic acids is 2. The Bertz CT molecular complexity index is 643. The fraction of sp³-hybridized carbons (Fsp3) is 0.737. The van der Waals surface area contributed by atoms with E-state index in [9.17, 15) is 9.59 Å². The molecule has 26 heavy (non-hydrogen) atoms. The average Bonchev–Trinajstić information content (AvgIpc) is 3.17. The van der Waals surface area contributed by atoms with Gasteiger partial charge in [-0.25, -0.2) is 0 Å². The maximum absolute atomic E-state index is 13.0. The third-order valence-corrected chi connectivity index (χ3v) is 5.81. The topological polar surface area (TPSA) is 67.2 Å². The minimum Gasteiger partial charge on any atom is -0.352 e. The fourth-order valence-corrected chi connectivity index (χ4v) is 4.42. The van der Waals surface area contributed by atoms with E-state index in [0.29, 0.717) is 17.5 Å². The second-order valence-corrected chi connectivity index (χ2v) is 8.75. The Morgan fingerprint density at radius 2 is 1.96 bits per heavy atom. The summed E-state index contributed by atoms with van der Waals surface area (Å²) >= 11 is 1.63. The third-order valence-electron chi connectivity index (χ3n) is 4.80. The first-order chi connectivity index (χ1) is 12.2. The molecule has 2 rings (SSSR count). The highest BCUT2D eigenvalue weighted by molar-refractivity contribution is 7.99. The van der Waals surface area contributed by atoms with Gasteiger partial charge in [0.2, 0.25) is 11.8 Å². The van der Waals surface area contributed by atoms with Crippen molar-refractivity contribution in [2.75, 3.05) is 11.6 Å². The quantitative estimate of drug-likeness (QED) is 0.790. The predicted molar refractivity (Wildman–Crippen MR) is 106 cm³/mol. The standard InChI is InChI=1S/C19H32N4O2S/c1-12(2)7-8-13(3)20-18(24)17-10-26-11-22(17)19(25)16(6)23-15(5)9-14(4)21-23/h9,12-13,16-17H,7-8,10-11H2,1-6H3,(H,20,24). The number of hydrogen-bond donors (Lipinski definition) is 1. The average molecular weight is 381 g/mol. The van der Waals surface area contributed by atoms with Crippen LogP contribution in [-0.2, 0) is 9.59 Å². The van der Waals surface area contributed by atoms with Crippen LogP contribution < -0.4 is 5.32 Å². The number of amides is 2. The van der Waals surface area contributed by atoms with E-state index in [2.05, 4.69) is 24.3 Å². The molecule has 1 fully saturated rings. The molecule has 3 unspecified atom stereocenters. The highest BCUT2D eigenvalue weighted by Crippen LogP contribution is 2.25. The van der Waals surface area contributed by atoms with Crippen molar-refractivity contribution in [1.29, 1.82) is 0 Å². The van der Waals surface area contributed by atoms with Crippen LogP contribution in [0, 0.1) is 19.8 Å². The van der Waals surface area contributed by atoms with E-state index in [0.717, 1.165) is 24.2 Å². The molecule has 1 N–H and O–H groups in total. The first-order valence-electron chi connectivity index (χ1n) is 9.42. The van der Waals surface area contributed by atoms with E-state index in [-0.39, 0.29) is 17.9 Å². The summed E-state index contributed by atoms with van der Waals surface area (Å²) in [5.74, 6) is 1.74. The zero-order valence-corrected chi connectivity index (χ0v) is 17.6. The Kier molecular flexibility index (Phi) is 7.15. The van der Waals surface area contributed by atoms with Gasteiger partial charge in [0.1, 0.15) is 12.1 Å². The van der Waals surface area contributed by atoms with Gasteiger partial charge in [-0.1, -0.05) is 13.8 Å². The van der Waals surface area contributed by atoms with Crippen molar-refractivity contribution in [2.24, 2.45) is 5.92 Å². The zero-order valence-electron chi connectivity index (χ0n) is 16.8. The van der Waals surface area contributed by atoms with E-state index in [4.69, 9.17) is 0 Å². The van der Waals surface area contributed by atoms with E-state index >= 15 is 0 Å². The number of carbonyl (C=O) groups is 2. The van der Waals surface area contributed by atoms with Crippen LogP contribution in [0.3, 0.4) is 0 Å². The molecule has 6 nitrogen and oxygen atoms in total. The largest absolute Gasteiger partial charge is 0.352 e. The van der Waals surface area contributed by atoms with Gasteiger partial charge >= 0.3 is 0 Å². The lowest BCUT2D eigenvalue weighted by Gasteiger charge is -2.27. The van der Waals surface area contributed by atoms with Gasteiger partial charge in [-0.3, -0.25) is 14.3 Å². The van der Waals surface area contributed by atoms with Crippen molar-refractivity contribution in [1.82, 2.24) is 20.0 Å². The minimum absolute atomic E-state index is 0.0415. The molecule has 7 heteroatoms. The molecule has 3 atom stereocenters. The van der Waals surface area contributed by atoms with Crippen LogP contribution in [0.2, 0.25) is 0 Å². The molecule has 1 aliphatic rings. The highest BCUT2D eigenvalue weighted by Gasteiger charge is 2.37. The number of aromatic nitrogens is 2. The predicted octanol–water partition coefficient (Wildman–Crippen LogP) is 2.90. The maximum atomic E-state index is 13.0. The number of hydrogen-bond acceptors (Lipinski definition) is 4. The Hall–Kier alpha value is -1.50. The Morgan fingerprint density at radius 3 is 2.54 bits per heavy atom. The smallest absolute Gasteiger partial charge is 0.248 e. The summed E-state index contributed by atoms with van der Waals surface area (Å²) in [6.07, 6.45) is 2.04. The summed E-state index contributed by atoms with van der Waals surface area (Å²) in [7, 11) is 0. The number of thioether (sulfide) groups is 1. The molecular weight excluding hydrogens is 348 g/mol. The highest BCUT2D eigenvalue weighted by atomic mass is 32.2. The minimum atomic E-state index is -0.406. The molecule has 0 aromatic carbocycles. The van der Waals surface area contributed by atoms with Gasteiger partial charge in [0, 0.05) is 17.5 Å². The zero-order chi connectivity index (χ0) is 19.4. The van der Waals surface area contributed by atoms with Crippen LogP contribution in [0.15, 0.2) is 6.07 Å². The number of aryl methyl sites for hydroxylation is 2. The molecule has 0 spiro atoms. The van der Waals surface area contributed by atoms with E-state index in [1.165, 1.54) is 0 Å². The summed E-state index contributed by atoms with van der Waals surface area (Å²) in [4.78, 5) is 27.4. The van der Waals surface area contributed by atoms with Crippen molar-refractivity contribution in [3.05, 3.63) is 17.5 Å². The van der Waals surface area contributed by atoms with Crippen molar-refractivity contribution in [3.8, 4) is 0 Å². The van der Waals surface area contributed by atoms with Gasteiger partial charge in [-0.05, 0) is 52.5 Å². The molecule has 2 amide bonds. The molecule has 1 aliphatic heterocycles. The monoisotopic (exact) mass is 380 g/mol. The summed E-state index contributed by atoms with van der Waals surface area (Å²) in [6.45, 7) is 12.1. The molecule has 2 heterocycles. The number of nitrogens with zero attached hydrogens (tertiary/aromatic N) is 3. The molecule has 0 aliphatic carbocycles. The van der Waals surface area contributed by atoms with Gasteiger partial charge in [0.25, 0.3) is 0 Å². The van der Waals surface area contributed by atoms with Gasteiger partial charge in [-0.15, -0.1) is 11.8 Å². The molecule has 0 saturated carbocycles. The summed E-state index contributed by atoms with van der Waals surface area (Å²) in [5, 5.41) is 7.51. The van der Waals surface area contributed by atoms with Crippen LogP contribution in [0.25, 0.3) is 0 Å². The van der Waals surface area contributed by atoms with Gasteiger partial charge < -0.3 is 10.2 Å². The summed E-state index contributed by atoms with van der Waals surface area (Å²) in [6, 6.07) is 1.29. The second kappa shape index (κ2) is 8.93. The van der Waals surface area contributed by atoms with Crippen LogP contribution in [0.5, 0.6) is 0 Å². The molecule has 1 saturated heterocycles. The van der Waals surface area contributed by atoms with Crippen LogP contribution in [-0.4, -0.2) is 50.2 Å². The normalized spacial score (nSPS) is 19.7. The first-order valence-corrected chi connectivity index (χ1v) is 10.6. The van der Waals surface area contributed by atoms with E-state index in [1.807, 2.05) is 33.8 Å². The maximum Gasteiger partial charge on any atom is 0.248 e. The molecule has 1 aromatic heterocycles. The van der Waals surface area contributed by atoms with E-state index in [1.54, 1.807) is 21.3 Å². The van der Waals surface area contributed by atoms with Crippen molar-refractivity contribution < 1.29 is 9.59 Å². The number of nitrogens with one attached hydrogen (secondary N) is 1.